The monoisotopic (exact) mass is 1080 g/mol. The molecule has 0 unspecified atom stereocenters. The Morgan fingerprint density at radius 1 is 0.935 bits per heavy atom. The van der Waals surface area contributed by atoms with Crippen LogP contribution in [0, 0.1) is 39.9 Å². The Morgan fingerprint density at radius 2 is 1.58 bits per heavy atom. The summed E-state index contributed by atoms with van der Waals surface area (Å²) in [6.07, 6.45) is -6.05. The zero-order valence-corrected chi connectivity index (χ0v) is 46.2. The normalized spacial score (nSPS) is 22.8. The van der Waals surface area contributed by atoms with E-state index in [1.807, 2.05) is 104 Å². The highest BCUT2D eigenvalue weighted by Gasteiger charge is 2.64. The standard InChI is InChI=1S/C57H72F3N9O7S/c1-34(36-10-12-37(13-11-36)46-35(2)63-33-77-46)64-49(73)44-24-41(70)27-69(44)50(74)47(53(3,4)5)65-45(71)28-67-20-22-68(23-21-67)30-56(31-75-32-56)29-62-40-17-14-38(15-18-40)48(72)66-51-54(6,7)52(55(51,8)9)76-42-19-16-39(26-61)43(25-42)57(58,59)60/h10-19,25,33-34,41,44,47,51-52,62,70H,20-24,27-32H2,1-9H3,(H,64,73)(H,65,71)(H,66,72)/t34-,41+,44-,47+,51-,52-/m0/s1. The van der Waals surface area contributed by atoms with Crippen molar-refractivity contribution in [2.75, 3.05) is 70.9 Å². The number of nitrogens with zero attached hydrogens (tertiary/aromatic N) is 5. The molecule has 20 heteroatoms. The van der Waals surface area contributed by atoms with Crippen molar-refractivity contribution < 1.29 is 46.9 Å². The van der Waals surface area contributed by atoms with E-state index in [0.717, 1.165) is 59.2 Å². The lowest BCUT2D eigenvalue weighted by Gasteiger charge is -2.63. The predicted octanol–water partition coefficient (Wildman–Crippen LogP) is 7.04. The molecule has 1 aromatic heterocycles. The summed E-state index contributed by atoms with van der Waals surface area (Å²) >= 11 is 1.57. The number of ether oxygens (including phenoxy) is 2. The summed E-state index contributed by atoms with van der Waals surface area (Å²) in [6.45, 7) is 22.5. The highest BCUT2D eigenvalue weighted by atomic mass is 32.1. The summed E-state index contributed by atoms with van der Waals surface area (Å²) in [5, 5.41) is 32.7. The van der Waals surface area contributed by atoms with Gasteiger partial charge in [0.1, 0.15) is 23.9 Å². The van der Waals surface area contributed by atoms with Crippen molar-refractivity contribution in [2.24, 2.45) is 21.7 Å². The number of aryl methyl sites for hydroxylation is 1. The number of nitrogens with one attached hydrogen (secondary N) is 4. The van der Waals surface area contributed by atoms with Gasteiger partial charge in [0.2, 0.25) is 17.7 Å². The van der Waals surface area contributed by atoms with Crippen LogP contribution in [-0.2, 0) is 25.3 Å². The van der Waals surface area contributed by atoms with E-state index in [4.69, 9.17) is 9.47 Å². The number of thiazole rings is 1. The lowest BCUT2D eigenvalue weighted by atomic mass is 9.49. The molecule has 3 saturated heterocycles. The first-order valence-electron chi connectivity index (χ1n) is 26.2. The zero-order valence-electron chi connectivity index (χ0n) is 45.3. The van der Waals surface area contributed by atoms with Crippen molar-refractivity contribution >= 4 is 40.7 Å². The number of carbonyl (C=O) groups excluding carboxylic acids is 4. The van der Waals surface area contributed by atoms with Crippen LogP contribution < -0.4 is 26.0 Å². The second-order valence-electron chi connectivity index (χ2n) is 23.7. The number of aromatic nitrogens is 1. The number of anilines is 1. The maximum atomic E-state index is 14.3. The van der Waals surface area contributed by atoms with E-state index in [1.54, 1.807) is 29.5 Å². The molecular formula is C57H72F3N9O7S. The van der Waals surface area contributed by atoms with Gasteiger partial charge in [-0.2, -0.15) is 18.4 Å². The Hall–Kier alpha value is -6.11. The van der Waals surface area contributed by atoms with Crippen LogP contribution in [0.25, 0.3) is 10.4 Å². The van der Waals surface area contributed by atoms with E-state index in [0.29, 0.717) is 38.4 Å². The molecule has 0 radical (unpaired) electrons. The van der Waals surface area contributed by atoms with Crippen LogP contribution in [0.2, 0.25) is 0 Å². The van der Waals surface area contributed by atoms with E-state index in [2.05, 4.69) is 36.1 Å². The van der Waals surface area contributed by atoms with E-state index < -0.39 is 63.7 Å². The average Bonchev–Trinajstić information content (AvgIpc) is 4.09. The highest BCUT2D eigenvalue weighted by Crippen LogP contribution is 2.56. The van der Waals surface area contributed by atoms with Gasteiger partial charge >= 0.3 is 6.18 Å². The maximum absolute atomic E-state index is 14.3. The maximum Gasteiger partial charge on any atom is 0.417 e. The summed E-state index contributed by atoms with van der Waals surface area (Å²) < 4.78 is 52.9. The third kappa shape index (κ3) is 12.6. The van der Waals surface area contributed by atoms with E-state index >= 15 is 0 Å². The number of likely N-dealkylation sites (tertiary alicyclic amines) is 1. The lowest BCUT2D eigenvalue weighted by Crippen LogP contribution is -2.74. The number of amides is 4. The van der Waals surface area contributed by atoms with Crippen LogP contribution in [0.1, 0.15) is 101 Å². The number of aliphatic hydroxyl groups is 1. The summed E-state index contributed by atoms with van der Waals surface area (Å²) in [7, 11) is 0. The van der Waals surface area contributed by atoms with Crippen LogP contribution in [0.15, 0.2) is 72.2 Å². The van der Waals surface area contributed by atoms with Gasteiger partial charge in [0.15, 0.2) is 0 Å². The van der Waals surface area contributed by atoms with Gasteiger partial charge in [0.05, 0.1) is 65.2 Å². The van der Waals surface area contributed by atoms with Crippen molar-refractivity contribution in [3.05, 3.63) is 100 Å². The molecule has 16 nitrogen and oxygen atoms in total. The van der Waals surface area contributed by atoms with Crippen LogP contribution in [0.3, 0.4) is 0 Å². The van der Waals surface area contributed by atoms with E-state index in [9.17, 15) is 42.7 Å². The molecule has 0 spiro atoms. The van der Waals surface area contributed by atoms with Gasteiger partial charge in [-0.25, -0.2) is 4.98 Å². The second kappa shape index (κ2) is 22.3. The predicted molar refractivity (Wildman–Crippen MR) is 287 cm³/mol. The van der Waals surface area contributed by atoms with E-state index in [-0.39, 0.29) is 60.5 Å². The quantitative estimate of drug-likeness (QED) is 0.0724. The molecule has 414 valence electrons. The smallest absolute Gasteiger partial charge is 0.417 e. The molecule has 1 aliphatic carbocycles. The molecule has 8 rings (SSSR count). The van der Waals surface area contributed by atoms with Crippen LogP contribution in [-0.4, -0.2) is 144 Å². The number of hydrogen-bond donors (Lipinski definition) is 5. The van der Waals surface area contributed by atoms with Crippen molar-refractivity contribution in [3.63, 3.8) is 0 Å². The third-order valence-corrected chi connectivity index (χ3v) is 16.8. The van der Waals surface area contributed by atoms with Gasteiger partial charge < -0.3 is 40.7 Å². The van der Waals surface area contributed by atoms with Gasteiger partial charge in [0, 0.05) is 85.8 Å². The summed E-state index contributed by atoms with van der Waals surface area (Å²) in [6, 6.07) is 17.5. The average molecular weight is 1080 g/mol. The lowest BCUT2D eigenvalue weighted by molar-refractivity contribution is -0.164. The molecule has 1 saturated carbocycles. The molecule has 0 bridgehead atoms. The van der Waals surface area contributed by atoms with Gasteiger partial charge in [0.25, 0.3) is 5.91 Å². The molecule has 4 fully saturated rings. The summed E-state index contributed by atoms with van der Waals surface area (Å²) in [5.74, 6) is -1.35. The van der Waals surface area contributed by atoms with Crippen LogP contribution >= 0.6 is 11.3 Å². The Labute approximate surface area is 453 Å². The third-order valence-electron chi connectivity index (χ3n) is 15.9. The van der Waals surface area contributed by atoms with Crippen molar-refractivity contribution in [2.45, 2.75) is 111 Å². The molecule has 4 amide bonds. The fourth-order valence-electron chi connectivity index (χ4n) is 11.8. The van der Waals surface area contributed by atoms with Crippen molar-refractivity contribution in [1.29, 1.82) is 5.26 Å². The fourth-order valence-corrected chi connectivity index (χ4v) is 12.6. The first kappa shape index (κ1) is 57.1. The summed E-state index contributed by atoms with van der Waals surface area (Å²) in [5.41, 5.74) is 2.33. The van der Waals surface area contributed by atoms with Crippen molar-refractivity contribution in [1.82, 2.24) is 35.6 Å². The van der Waals surface area contributed by atoms with Gasteiger partial charge in [-0.05, 0) is 72.9 Å². The van der Waals surface area contributed by atoms with E-state index in [1.165, 1.54) is 11.0 Å². The SMILES string of the molecule is Cc1ncsc1-c1ccc([C@H](C)NC(=O)[C@@H]2C[C@@H](O)CN2C(=O)[C@@H](NC(=O)CN2CCN(CC3(CNc4ccc(C(=O)N[C@H]5C(C)(C)[C@H](Oc6ccc(C#N)c(C(F)(F)F)c6)C5(C)C)cc4)COC3)CC2)C(C)(C)C)cc1. The first-order chi connectivity index (χ1) is 36.2. The molecule has 3 aromatic carbocycles. The second-order valence-corrected chi connectivity index (χ2v) is 24.6. The van der Waals surface area contributed by atoms with Gasteiger partial charge in [-0.1, -0.05) is 72.7 Å². The van der Waals surface area contributed by atoms with Gasteiger partial charge in [-0.3, -0.25) is 29.0 Å². The number of nitriles is 1. The number of alkyl halides is 3. The Bertz CT molecular complexity index is 2820. The summed E-state index contributed by atoms with van der Waals surface area (Å²) in [4.78, 5) is 66.7. The number of β-amino-alcohol motifs (C(OH)–C–C–N with tert-alkyl or cyclic N) is 1. The zero-order chi connectivity index (χ0) is 55.8. The number of rotatable bonds is 17. The molecule has 5 N–H and O–H groups in total. The minimum atomic E-state index is -4.72. The molecule has 4 heterocycles. The highest BCUT2D eigenvalue weighted by molar-refractivity contribution is 7.13. The molecule has 4 atom stereocenters. The Kier molecular flexibility index (Phi) is 16.5. The molecule has 3 aliphatic heterocycles. The number of halogens is 3. The van der Waals surface area contributed by atoms with Crippen LogP contribution in [0.4, 0.5) is 18.9 Å². The molecular weight excluding hydrogens is 1010 g/mol. The Morgan fingerprint density at radius 3 is 2.16 bits per heavy atom. The van der Waals surface area contributed by atoms with Gasteiger partial charge in [-0.15, -0.1) is 11.3 Å². The number of aliphatic hydroxyl groups excluding tert-OH is 1. The largest absolute Gasteiger partial charge is 0.489 e. The first-order valence-corrected chi connectivity index (χ1v) is 27.1. The molecule has 4 aromatic rings. The molecule has 77 heavy (non-hydrogen) atoms. The topological polar surface area (TPSA) is 201 Å². The minimum absolute atomic E-state index is 0.000449. The molecule has 4 aliphatic rings. The Balaban J connectivity index is 0.784. The number of hydrogen-bond acceptors (Lipinski definition) is 13. The van der Waals surface area contributed by atoms with Crippen LogP contribution in [0.5, 0.6) is 5.75 Å². The number of carbonyl (C=O) groups is 4. The fraction of sp³-hybridized carbons (Fsp3) is 0.544. The minimum Gasteiger partial charge on any atom is -0.489 e. The van der Waals surface area contributed by atoms with Crippen molar-refractivity contribution in [3.8, 4) is 22.3 Å². The number of piperazine rings is 1. The number of benzene rings is 3.